The predicted molar refractivity (Wildman–Crippen MR) is 65.5 cm³/mol. The summed E-state index contributed by atoms with van der Waals surface area (Å²) < 4.78 is 0. The summed E-state index contributed by atoms with van der Waals surface area (Å²) >= 11 is 0. The monoisotopic (exact) mass is 251 g/mol. The third kappa shape index (κ3) is 2.47. The molecule has 0 saturated carbocycles. The van der Waals surface area contributed by atoms with Gasteiger partial charge in [-0.25, -0.2) is 4.98 Å². The Morgan fingerprint density at radius 2 is 2.33 bits per heavy atom. The zero-order valence-corrected chi connectivity index (χ0v) is 9.77. The van der Waals surface area contributed by atoms with Crippen molar-refractivity contribution < 1.29 is 9.72 Å². The van der Waals surface area contributed by atoms with Crippen molar-refractivity contribution in [2.75, 3.05) is 24.2 Å². The summed E-state index contributed by atoms with van der Waals surface area (Å²) in [5, 5.41) is 19.3. The highest BCUT2D eigenvalue weighted by Gasteiger charge is 2.25. The summed E-state index contributed by atoms with van der Waals surface area (Å²) in [6, 6.07) is 2.74. The van der Waals surface area contributed by atoms with Crippen LogP contribution in [0.5, 0.6) is 0 Å². The molecule has 1 amide bonds. The second kappa shape index (κ2) is 4.86. The number of pyridine rings is 1. The molecule has 0 bridgehead atoms. The number of rotatable bonds is 4. The number of nitrogens with one attached hydrogen (secondary N) is 3. The van der Waals surface area contributed by atoms with Crippen LogP contribution in [0.2, 0.25) is 0 Å². The molecule has 96 valence electrons. The van der Waals surface area contributed by atoms with Gasteiger partial charge in [0.2, 0.25) is 11.7 Å². The highest BCUT2D eigenvalue weighted by Crippen LogP contribution is 2.25. The van der Waals surface area contributed by atoms with Crippen molar-refractivity contribution in [1.82, 2.24) is 10.3 Å². The Morgan fingerprint density at radius 1 is 1.56 bits per heavy atom. The number of nitro groups is 1. The lowest BCUT2D eigenvalue weighted by Gasteiger charge is -2.12. The van der Waals surface area contributed by atoms with Gasteiger partial charge in [-0.05, 0) is 6.07 Å². The van der Waals surface area contributed by atoms with Gasteiger partial charge in [-0.3, -0.25) is 14.9 Å². The first-order valence-corrected chi connectivity index (χ1v) is 5.46. The summed E-state index contributed by atoms with van der Waals surface area (Å²) in [6.45, 7) is 0.446. The van der Waals surface area contributed by atoms with E-state index in [0.29, 0.717) is 18.8 Å². The van der Waals surface area contributed by atoms with Crippen molar-refractivity contribution in [3.8, 4) is 0 Å². The third-order valence-corrected chi connectivity index (χ3v) is 2.65. The van der Waals surface area contributed by atoms with Gasteiger partial charge in [-0.1, -0.05) is 0 Å². The maximum atomic E-state index is 11.1. The molecular weight excluding hydrogens is 238 g/mol. The van der Waals surface area contributed by atoms with Crippen LogP contribution in [0.3, 0.4) is 0 Å². The van der Waals surface area contributed by atoms with Crippen molar-refractivity contribution in [2.24, 2.45) is 0 Å². The molecule has 18 heavy (non-hydrogen) atoms. The molecule has 0 aromatic carbocycles. The summed E-state index contributed by atoms with van der Waals surface area (Å²) in [5.74, 6) is 0.633. The standard InChI is InChI=1S/C10H13N5O3/c1-11-8-3-2-7(15(17)18)10(14-8)13-6-4-9(16)12-5-6/h2-3,6H,4-5H2,1H3,(H,12,16)(H2,11,13,14). The van der Waals surface area contributed by atoms with Crippen molar-refractivity contribution >= 4 is 23.2 Å². The Labute approximate surface area is 103 Å². The number of carbonyl (C=O) groups excluding carboxylic acids is 1. The molecule has 1 unspecified atom stereocenters. The van der Waals surface area contributed by atoms with Gasteiger partial charge in [-0.15, -0.1) is 0 Å². The molecule has 0 aliphatic carbocycles. The highest BCUT2D eigenvalue weighted by molar-refractivity contribution is 5.80. The summed E-state index contributed by atoms with van der Waals surface area (Å²) in [5.41, 5.74) is -0.103. The van der Waals surface area contributed by atoms with Crippen molar-refractivity contribution in [1.29, 1.82) is 0 Å². The van der Waals surface area contributed by atoms with Gasteiger partial charge in [-0.2, -0.15) is 0 Å². The van der Waals surface area contributed by atoms with Crippen LogP contribution < -0.4 is 16.0 Å². The maximum absolute atomic E-state index is 11.1. The number of hydrogen-bond donors (Lipinski definition) is 3. The zero-order chi connectivity index (χ0) is 13.1. The second-order valence-electron chi connectivity index (χ2n) is 3.92. The number of anilines is 2. The van der Waals surface area contributed by atoms with E-state index < -0.39 is 4.92 Å². The van der Waals surface area contributed by atoms with Gasteiger partial charge >= 0.3 is 5.69 Å². The Bertz CT molecular complexity index is 490. The van der Waals surface area contributed by atoms with E-state index in [9.17, 15) is 14.9 Å². The second-order valence-corrected chi connectivity index (χ2v) is 3.92. The van der Waals surface area contributed by atoms with Gasteiger partial charge in [0.25, 0.3) is 0 Å². The number of nitrogens with zero attached hydrogens (tertiary/aromatic N) is 2. The van der Waals surface area contributed by atoms with Crippen LogP contribution in [0.25, 0.3) is 0 Å². The first-order valence-electron chi connectivity index (χ1n) is 5.46. The zero-order valence-electron chi connectivity index (χ0n) is 9.77. The molecule has 2 rings (SSSR count). The van der Waals surface area contributed by atoms with Crippen molar-refractivity contribution in [2.45, 2.75) is 12.5 Å². The third-order valence-electron chi connectivity index (χ3n) is 2.65. The fourth-order valence-electron chi connectivity index (χ4n) is 1.75. The Morgan fingerprint density at radius 3 is 2.89 bits per heavy atom. The summed E-state index contributed by atoms with van der Waals surface area (Å²) in [7, 11) is 1.68. The lowest BCUT2D eigenvalue weighted by Crippen LogP contribution is -2.23. The molecule has 1 aromatic heterocycles. The Kier molecular flexibility index (Phi) is 3.26. The molecule has 1 atom stereocenters. The minimum Gasteiger partial charge on any atom is -0.373 e. The average molecular weight is 251 g/mol. The lowest BCUT2D eigenvalue weighted by molar-refractivity contribution is -0.384. The first-order chi connectivity index (χ1) is 8.60. The Hall–Kier alpha value is -2.38. The minimum absolute atomic E-state index is 0.0695. The van der Waals surface area contributed by atoms with Gasteiger partial charge in [0.15, 0.2) is 0 Å². The lowest BCUT2D eigenvalue weighted by atomic mass is 10.2. The predicted octanol–water partition coefficient (Wildman–Crippen LogP) is 0.332. The molecule has 8 nitrogen and oxygen atoms in total. The minimum atomic E-state index is -0.501. The molecule has 1 fully saturated rings. The SMILES string of the molecule is CNc1ccc([N+](=O)[O-])c(NC2CNC(=O)C2)n1. The van der Waals surface area contributed by atoms with E-state index in [1.807, 2.05) is 0 Å². The van der Waals surface area contributed by atoms with Crippen LogP contribution in [0.15, 0.2) is 12.1 Å². The quantitative estimate of drug-likeness (QED) is 0.525. The molecule has 8 heteroatoms. The summed E-state index contributed by atoms with van der Waals surface area (Å²) in [4.78, 5) is 25.5. The van der Waals surface area contributed by atoms with E-state index in [1.54, 1.807) is 7.05 Å². The average Bonchev–Trinajstić information content (AvgIpc) is 2.74. The number of carbonyl (C=O) groups is 1. The van der Waals surface area contributed by atoms with Gasteiger partial charge in [0, 0.05) is 26.1 Å². The van der Waals surface area contributed by atoms with E-state index in [2.05, 4.69) is 20.9 Å². The van der Waals surface area contributed by atoms with E-state index in [4.69, 9.17) is 0 Å². The smallest absolute Gasteiger partial charge is 0.311 e. The Balaban J connectivity index is 2.23. The molecule has 1 aliphatic heterocycles. The molecule has 2 heterocycles. The number of amides is 1. The van der Waals surface area contributed by atoms with E-state index in [0.717, 1.165) is 0 Å². The van der Waals surface area contributed by atoms with Crippen LogP contribution in [0.4, 0.5) is 17.3 Å². The largest absolute Gasteiger partial charge is 0.373 e. The molecule has 3 N–H and O–H groups in total. The van der Waals surface area contributed by atoms with E-state index in [-0.39, 0.29) is 23.5 Å². The molecule has 1 aliphatic rings. The fraction of sp³-hybridized carbons (Fsp3) is 0.400. The van der Waals surface area contributed by atoms with Gasteiger partial charge in [0.05, 0.1) is 11.0 Å². The van der Waals surface area contributed by atoms with Gasteiger partial charge < -0.3 is 16.0 Å². The van der Waals surface area contributed by atoms with Crippen molar-refractivity contribution in [3.05, 3.63) is 22.2 Å². The van der Waals surface area contributed by atoms with E-state index >= 15 is 0 Å². The molecule has 0 spiro atoms. The van der Waals surface area contributed by atoms with Crippen LogP contribution in [0.1, 0.15) is 6.42 Å². The molecule has 1 aromatic rings. The number of aromatic nitrogens is 1. The molecule has 1 saturated heterocycles. The normalized spacial score (nSPS) is 18.3. The molecular formula is C10H13N5O3. The van der Waals surface area contributed by atoms with E-state index in [1.165, 1.54) is 12.1 Å². The molecule has 0 radical (unpaired) electrons. The number of hydrogen-bond acceptors (Lipinski definition) is 6. The van der Waals surface area contributed by atoms with Crippen LogP contribution in [0, 0.1) is 10.1 Å². The van der Waals surface area contributed by atoms with Crippen LogP contribution in [-0.4, -0.2) is 35.4 Å². The maximum Gasteiger partial charge on any atom is 0.311 e. The van der Waals surface area contributed by atoms with Gasteiger partial charge in [0.1, 0.15) is 5.82 Å². The first kappa shape index (κ1) is 12.1. The van der Waals surface area contributed by atoms with Crippen LogP contribution in [-0.2, 0) is 4.79 Å². The van der Waals surface area contributed by atoms with Crippen LogP contribution >= 0.6 is 0 Å². The summed E-state index contributed by atoms with van der Waals surface area (Å²) in [6.07, 6.45) is 0.294. The van der Waals surface area contributed by atoms with Crippen molar-refractivity contribution in [3.63, 3.8) is 0 Å². The topological polar surface area (TPSA) is 109 Å². The fourth-order valence-corrected chi connectivity index (χ4v) is 1.75. The highest BCUT2D eigenvalue weighted by atomic mass is 16.6.